The van der Waals surface area contributed by atoms with Gasteiger partial charge in [-0.1, -0.05) is 18.2 Å². The Labute approximate surface area is 194 Å². The highest BCUT2D eigenvalue weighted by molar-refractivity contribution is 5.93. The Morgan fingerprint density at radius 1 is 1.03 bits per heavy atom. The van der Waals surface area contributed by atoms with E-state index in [-0.39, 0.29) is 18.1 Å². The number of hydrogen-bond acceptors (Lipinski definition) is 6. The molecule has 33 heavy (non-hydrogen) atoms. The SMILES string of the molecule is COc1ccc(N2CC(CCN3CCC4(CC3)C(=O)NCN4c3ccccc3)OC2=O)cc1. The number of nitrogens with one attached hydrogen (secondary N) is 1. The van der Waals surface area contributed by atoms with Crippen LogP contribution in [0.5, 0.6) is 5.75 Å². The van der Waals surface area contributed by atoms with Gasteiger partial charge in [0.05, 0.1) is 20.3 Å². The van der Waals surface area contributed by atoms with Gasteiger partial charge in [-0.25, -0.2) is 4.79 Å². The molecule has 3 heterocycles. The molecule has 1 unspecified atom stereocenters. The third kappa shape index (κ3) is 4.11. The zero-order chi connectivity index (χ0) is 22.8. The van der Waals surface area contributed by atoms with E-state index in [9.17, 15) is 9.59 Å². The fourth-order valence-corrected chi connectivity index (χ4v) is 5.15. The molecule has 5 rings (SSSR count). The van der Waals surface area contributed by atoms with E-state index in [0.717, 1.165) is 56.0 Å². The number of amides is 2. The molecule has 8 heteroatoms. The number of carbonyl (C=O) groups excluding carboxylic acids is 2. The van der Waals surface area contributed by atoms with Gasteiger partial charge in [0.25, 0.3) is 0 Å². The zero-order valence-electron chi connectivity index (χ0n) is 18.9. The largest absolute Gasteiger partial charge is 0.497 e. The summed E-state index contributed by atoms with van der Waals surface area (Å²) in [6, 6.07) is 17.6. The van der Waals surface area contributed by atoms with E-state index >= 15 is 0 Å². The summed E-state index contributed by atoms with van der Waals surface area (Å²) in [6.45, 7) is 3.64. The van der Waals surface area contributed by atoms with E-state index in [1.807, 2.05) is 42.5 Å². The number of nitrogens with zero attached hydrogens (tertiary/aromatic N) is 3. The standard InChI is InChI=1S/C25H30N4O4/c1-32-21-9-7-19(8-10-21)28-17-22(33-24(28)31)11-14-27-15-12-25(13-16-27)23(30)26-18-29(25)20-5-3-2-4-6-20/h2-10,22H,11-18H2,1H3,(H,26,30). The Hall–Kier alpha value is -3.26. The van der Waals surface area contributed by atoms with Gasteiger partial charge in [-0.2, -0.15) is 0 Å². The second-order valence-electron chi connectivity index (χ2n) is 8.90. The summed E-state index contributed by atoms with van der Waals surface area (Å²) in [6.07, 6.45) is 1.92. The van der Waals surface area contributed by atoms with Crippen molar-refractivity contribution in [3.63, 3.8) is 0 Å². The van der Waals surface area contributed by atoms with E-state index < -0.39 is 5.54 Å². The van der Waals surface area contributed by atoms with Gasteiger partial charge in [-0.3, -0.25) is 9.69 Å². The van der Waals surface area contributed by atoms with Gasteiger partial charge < -0.3 is 24.6 Å². The second-order valence-corrected chi connectivity index (χ2v) is 8.90. The van der Waals surface area contributed by atoms with Crippen LogP contribution in [0, 0.1) is 0 Å². The number of carbonyl (C=O) groups is 2. The van der Waals surface area contributed by atoms with Crippen molar-refractivity contribution in [3.8, 4) is 5.75 Å². The molecule has 0 radical (unpaired) electrons. The fraction of sp³-hybridized carbons (Fsp3) is 0.440. The van der Waals surface area contributed by atoms with Gasteiger partial charge >= 0.3 is 6.09 Å². The topological polar surface area (TPSA) is 74.3 Å². The van der Waals surface area contributed by atoms with Crippen molar-refractivity contribution < 1.29 is 19.1 Å². The van der Waals surface area contributed by atoms with Gasteiger partial charge in [-0.05, 0) is 55.7 Å². The van der Waals surface area contributed by atoms with Crippen molar-refractivity contribution in [2.75, 3.05) is 49.8 Å². The van der Waals surface area contributed by atoms with E-state index in [4.69, 9.17) is 9.47 Å². The monoisotopic (exact) mass is 450 g/mol. The van der Waals surface area contributed by atoms with E-state index in [0.29, 0.717) is 13.2 Å². The lowest BCUT2D eigenvalue weighted by Gasteiger charge is -2.43. The Morgan fingerprint density at radius 3 is 2.45 bits per heavy atom. The summed E-state index contributed by atoms with van der Waals surface area (Å²) < 4.78 is 10.8. The maximum Gasteiger partial charge on any atom is 0.414 e. The van der Waals surface area contributed by atoms with Crippen molar-refractivity contribution in [1.82, 2.24) is 10.2 Å². The molecule has 1 atom stereocenters. The molecule has 2 aromatic carbocycles. The first kappa shape index (κ1) is 21.6. The number of hydrogen-bond donors (Lipinski definition) is 1. The van der Waals surface area contributed by atoms with Crippen LogP contribution in [-0.2, 0) is 9.53 Å². The summed E-state index contributed by atoms with van der Waals surface area (Å²) in [4.78, 5) is 31.5. The van der Waals surface area contributed by atoms with Crippen LogP contribution < -0.4 is 19.9 Å². The average Bonchev–Trinajstić information content (AvgIpc) is 3.39. The quantitative estimate of drug-likeness (QED) is 0.730. The van der Waals surface area contributed by atoms with Crippen molar-refractivity contribution in [2.45, 2.75) is 30.9 Å². The van der Waals surface area contributed by atoms with Gasteiger partial charge in [0.15, 0.2) is 0 Å². The van der Waals surface area contributed by atoms with E-state index in [1.165, 1.54) is 0 Å². The molecule has 1 N–H and O–H groups in total. The smallest absolute Gasteiger partial charge is 0.414 e. The fourth-order valence-electron chi connectivity index (χ4n) is 5.15. The summed E-state index contributed by atoms with van der Waals surface area (Å²) in [5.41, 5.74) is 1.43. The molecule has 0 aromatic heterocycles. The summed E-state index contributed by atoms with van der Waals surface area (Å²) in [5.74, 6) is 0.887. The first-order chi connectivity index (χ1) is 16.1. The van der Waals surface area contributed by atoms with Gasteiger partial charge in [-0.15, -0.1) is 0 Å². The van der Waals surface area contributed by atoms with Crippen LogP contribution in [-0.4, -0.2) is 68.5 Å². The number of anilines is 2. The van der Waals surface area contributed by atoms with Crippen LogP contribution in [0.2, 0.25) is 0 Å². The Kier molecular flexibility index (Phi) is 5.85. The minimum Gasteiger partial charge on any atom is -0.497 e. The molecule has 1 spiro atoms. The average molecular weight is 451 g/mol. The van der Waals surface area contributed by atoms with Crippen molar-refractivity contribution >= 4 is 23.4 Å². The predicted molar refractivity (Wildman–Crippen MR) is 126 cm³/mol. The summed E-state index contributed by atoms with van der Waals surface area (Å²) >= 11 is 0. The maximum atomic E-state index is 12.8. The first-order valence-corrected chi connectivity index (χ1v) is 11.5. The highest BCUT2D eigenvalue weighted by Crippen LogP contribution is 2.36. The Bertz CT molecular complexity index is 989. The Balaban J connectivity index is 1.15. The van der Waals surface area contributed by atoms with Crippen LogP contribution in [0.1, 0.15) is 19.3 Å². The molecular formula is C25H30N4O4. The van der Waals surface area contributed by atoms with Crippen molar-refractivity contribution in [3.05, 3.63) is 54.6 Å². The molecule has 8 nitrogen and oxygen atoms in total. The lowest BCUT2D eigenvalue weighted by molar-refractivity contribution is -0.125. The number of piperidine rings is 1. The number of ether oxygens (including phenoxy) is 2. The maximum absolute atomic E-state index is 12.8. The normalized spacial score (nSPS) is 22.5. The molecule has 2 amide bonds. The summed E-state index contributed by atoms with van der Waals surface area (Å²) in [5, 5.41) is 3.05. The van der Waals surface area contributed by atoms with Crippen LogP contribution >= 0.6 is 0 Å². The minimum absolute atomic E-state index is 0.130. The van der Waals surface area contributed by atoms with Crippen LogP contribution in [0.25, 0.3) is 0 Å². The lowest BCUT2D eigenvalue weighted by Crippen LogP contribution is -2.56. The van der Waals surface area contributed by atoms with Gasteiger partial charge in [0, 0.05) is 31.0 Å². The predicted octanol–water partition coefficient (Wildman–Crippen LogP) is 2.84. The zero-order valence-corrected chi connectivity index (χ0v) is 18.9. The molecule has 3 saturated heterocycles. The summed E-state index contributed by atoms with van der Waals surface area (Å²) in [7, 11) is 1.62. The van der Waals surface area contributed by atoms with E-state index in [2.05, 4.69) is 27.2 Å². The highest BCUT2D eigenvalue weighted by atomic mass is 16.6. The highest BCUT2D eigenvalue weighted by Gasteiger charge is 2.50. The molecule has 3 aliphatic heterocycles. The molecular weight excluding hydrogens is 420 g/mol. The molecule has 0 aliphatic carbocycles. The number of methoxy groups -OCH3 is 1. The molecule has 174 valence electrons. The third-order valence-electron chi connectivity index (χ3n) is 7.11. The number of para-hydroxylation sites is 1. The molecule has 3 fully saturated rings. The molecule has 0 saturated carbocycles. The van der Waals surface area contributed by atoms with Gasteiger partial charge in [0.2, 0.25) is 5.91 Å². The number of cyclic esters (lactones) is 1. The van der Waals surface area contributed by atoms with Crippen molar-refractivity contribution in [1.29, 1.82) is 0 Å². The number of likely N-dealkylation sites (tertiary alicyclic amines) is 1. The minimum atomic E-state index is -0.469. The molecule has 0 bridgehead atoms. The second kappa shape index (κ2) is 8.94. The molecule has 2 aromatic rings. The Morgan fingerprint density at radius 2 is 1.76 bits per heavy atom. The van der Waals surface area contributed by atoms with Crippen LogP contribution in [0.15, 0.2) is 54.6 Å². The number of rotatable bonds is 6. The van der Waals surface area contributed by atoms with Crippen LogP contribution in [0.3, 0.4) is 0 Å². The third-order valence-corrected chi connectivity index (χ3v) is 7.11. The van der Waals surface area contributed by atoms with Crippen LogP contribution in [0.4, 0.5) is 16.2 Å². The van der Waals surface area contributed by atoms with Crippen molar-refractivity contribution in [2.24, 2.45) is 0 Å². The number of benzene rings is 2. The van der Waals surface area contributed by atoms with Gasteiger partial charge in [0.1, 0.15) is 17.4 Å². The van der Waals surface area contributed by atoms with E-state index in [1.54, 1.807) is 12.0 Å². The lowest BCUT2D eigenvalue weighted by atomic mass is 9.85. The molecule has 3 aliphatic rings. The first-order valence-electron chi connectivity index (χ1n) is 11.5.